The first-order valence-electron chi connectivity index (χ1n) is 11.4. The molecular weight excluding hydrogens is 505 g/mol. The fourth-order valence-electron chi connectivity index (χ4n) is 3.12. The first-order chi connectivity index (χ1) is 16.6. The molecule has 2 aromatic rings. The molecule has 35 heavy (non-hydrogen) atoms. The summed E-state index contributed by atoms with van der Waals surface area (Å²) in [7, 11) is 0. The fraction of sp³-hybridized carbons (Fsp3) is 0.583. The highest BCUT2D eigenvalue weighted by Crippen LogP contribution is 2.27. The molecule has 1 aromatic carbocycles. The highest BCUT2D eigenvalue weighted by Gasteiger charge is 2.30. The van der Waals surface area contributed by atoms with Crippen molar-refractivity contribution < 1.29 is 36.6 Å². The molecular formula is C24H31F3O6S2. The molecule has 0 aliphatic rings. The van der Waals surface area contributed by atoms with E-state index in [1.165, 1.54) is 0 Å². The number of esters is 1. The standard InChI is InChI=1S/C24H31F3O6S2/c1-4-5-18-19-7-6-17(14-21(19)33-23(29)20(18)15-32-24(25,26)27)30-8-10-34-12-13-35-11-9-31-22(28)16(2)3/h6-7,14,16H,4-5,8-13,15H2,1-3H3. The Labute approximate surface area is 211 Å². The summed E-state index contributed by atoms with van der Waals surface area (Å²) >= 11 is 3.46. The van der Waals surface area contributed by atoms with Crippen molar-refractivity contribution in [3.63, 3.8) is 0 Å². The first-order valence-corrected chi connectivity index (χ1v) is 13.7. The van der Waals surface area contributed by atoms with Crippen LogP contribution in [0.4, 0.5) is 13.2 Å². The molecule has 2 rings (SSSR count). The zero-order valence-electron chi connectivity index (χ0n) is 20.1. The predicted octanol–water partition coefficient (Wildman–Crippen LogP) is 5.83. The van der Waals surface area contributed by atoms with Gasteiger partial charge in [0.1, 0.15) is 17.9 Å². The van der Waals surface area contributed by atoms with Crippen molar-refractivity contribution in [1.29, 1.82) is 0 Å². The lowest BCUT2D eigenvalue weighted by Crippen LogP contribution is -2.19. The second kappa shape index (κ2) is 14.6. The van der Waals surface area contributed by atoms with Crippen molar-refractivity contribution in [1.82, 2.24) is 0 Å². The number of fused-ring (bicyclic) bond motifs is 1. The largest absolute Gasteiger partial charge is 0.522 e. The molecule has 0 radical (unpaired) electrons. The number of thioether (sulfide) groups is 2. The van der Waals surface area contributed by atoms with Gasteiger partial charge in [-0.25, -0.2) is 4.79 Å². The van der Waals surface area contributed by atoms with Crippen LogP contribution in [0.15, 0.2) is 27.4 Å². The van der Waals surface area contributed by atoms with Crippen molar-refractivity contribution in [3.05, 3.63) is 39.7 Å². The van der Waals surface area contributed by atoms with Crippen molar-refractivity contribution >= 4 is 40.5 Å². The average molecular weight is 537 g/mol. The maximum Gasteiger partial charge on any atom is 0.522 e. The van der Waals surface area contributed by atoms with Crippen LogP contribution in [0.2, 0.25) is 0 Å². The Morgan fingerprint density at radius 1 is 1.06 bits per heavy atom. The Morgan fingerprint density at radius 3 is 2.37 bits per heavy atom. The summed E-state index contributed by atoms with van der Waals surface area (Å²) in [5, 5.41) is 0.574. The van der Waals surface area contributed by atoms with E-state index >= 15 is 0 Å². The Kier molecular flexibility index (Phi) is 12.3. The van der Waals surface area contributed by atoms with Gasteiger partial charge in [0.05, 0.1) is 24.7 Å². The molecule has 0 amide bonds. The van der Waals surface area contributed by atoms with Crippen LogP contribution in [0.5, 0.6) is 5.75 Å². The van der Waals surface area contributed by atoms with E-state index in [2.05, 4.69) is 4.74 Å². The number of carbonyl (C=O) groups is 1. The second-order valence-electron chi connectivity index (χ2n) is 7.88. The van der Waals surface area contributed by atoms with Crippen LogP contribution in [0.25, 0.3) is 11.0 Å². The second-order valence-corrected chi connectivity index (χ2v) is 10.3. The lowest BCUT2D eigenvalue weighted by atomic mass is 10.0. The van der Waals surface area contributed by atoms with Gasteiger partial charge in [-0.1, -0.05) is 27.2 Å². The number of alkyl halides is 3. The number of hydrogen-bond donors (Lipinski definition) is 0. The van der Waals surface area contributed by atoms with Crippen molar-refractivity contribution in [3.8, 4) is 5.75 Å². The predicted molar refractivity (Wildman–Crippen MR) is 133 cm³/mol. The summed E-state index contributed by atoms with van der Waals surface area (Å²) in [6.45, 7) is 5.48. The third-order valence-electron chi connectivity index (χ3n) is 4.78. The Morgan fingerprint density at radius 2 is 1.74 bits per heavy atom. The molecule has 0 saturated heterocycles. The number of aryl methyl sites for hydroxylation is 1. The lowest BCUT2D eigenvalue weighted by molar-refractivity contribution is -0.330. The zero-order valence-corrected chi connectivity index (χ0v) is 21.7. The van der Waals surface area contributed by atoms with Gasteiger partial charge in [0.15, 0.2) is 0 Å². The Bertz CT molecular complexity index is 1010. The molecule has 1 heterocycles. The van der Waals surface area contributed by atoms with Crippen LogP contribution in [0.1, 0.15) is 38.3 Å². The molecule has 6 nitrogen and oxygen atoms in total. The summed E-state index contributed by atoms with van der Waals surface area (Å²) in [5.74, 6) is 3.63. The van der Waals surface area contributed by atoms with E-state index in [9.17, 15) is 22.8 Å². The highest BCUT2D eigenvalue weighted by molar-refractivity contribution is 8.02. The SMILES string of the molecule is CCCc1c(COC(F)(F)F)c(=O)oc2cc(OCCSCCSCCOC(=O)C(C)C)ccc12. The van der Waals surface area contributed by atoms with E-state index in [-0.39, 0.29) is 23.0 Å². The molecule has 0 unspecified atom stereocenters. The molecule has 0 aliphatic heterocycles. The van der Waals surface area contributed by atoms with Gasteiger partial charge in [0, 0.05) is 34.5 Å². The number of rotatable bonds is 15. The highest BCUT2D eigenvalue weighted by atomic mass is 32.2. The Hall–Kier alpha value is -1.85. The van der Waals surface area contributed by atoms with Crippen LogP contribution in [-0.2, 0) is 27.3 Å². The number of hydrogen-bond acceptors (Lipinski definition) is 8. The van der Waals surface area contributed by atoms with E-state index < -0.39 is 18.6 Å². The van der Waals surface area contributed by atoms with Gasteiger partial charge in [-0.15, -0.1) is 13.2 Å². The fourth-order valence-corrected chi connectivity index (χ4v) is 4.87. The minimum absolute atomic E-state index is 0.108. The topological polar surface area (TPSA) is 75.0 Å². The summed E-state index contributed by atoms with van der Waals surface area (Å²) in [4.78, 5) is 23.7. The number of halogens is 3. The molecule has 0 bridgehead atoms. The summed E-state index contributed by atoms with van der Waals surface area (Å²) < 4.78 is 57.5. The number of benzene rings is 1. The van der Waals surface area contributed by atoms with Gasteiger partial charge in [-0.05, 0) is 24.1 Å². The van der Waals surface area contributed by atoms with Crippen LogP contribution < -0.4 is 10.4 Å². The quantitative estimate of drug-likeness (QED) is 0.160. The minimum Gasteiger partial charge on any atom is -0.493 e. The molecule has 196 valence electrons. The van der Waals surface area contributed by atoms with Gasteiger partial charge < -0.3 is 13.9 Å². The van der Waals surface area contributed by atoms with Crippen molar-refractivity contribution in [2.24, 2.45) is 5.92 Å². The van der Waals surface area contributed by atoms with Gasteiger partial charge in [-0.2, -0.15) is 23.5 Å². The molecule has 0 spiro atoms. The van der Waals surface area contributed by atoms with Crippen LogP contribution >= 0.6 is 23.5 Å². The van der Waals surface area contributed by atoms with Crippen LogP contribution in [0, 0.1) is 5.92 Å². The van der Waals surface area contributed by atoms with E-state index in [0.717, 1.165) is 23.0 Å². The molecule has 0 fully saturated rings. The monoisotopic (exact) mass is 536 g/mol. The smallest absolute Gasteiger partial charge is 0.493 e. The molecule has 0 atom stereocenters. The van der Waals surface area contributed by atoms with Crippen LogP contribution in [-0.4, -0.2) is 48.6 Å². The van der Waals surface area contributed by atoms with Crippen molar-refractivity contribution in [2.45, 2.75) is 46.6 Å². The molecule has 1 aromatic heterocycles. The summed E-state index contributed by atoms with van der Waals surface area (Å²) in [5.41, 5.74) is -0.178. The summed E-state index contributed by atoms with van der Waals surface area (Å²) in [6.07, 6.45) is -3.76. The first kappa shape index (κ1) is 29.4. The van der Waals surface area contributed by atoms with E-state index in [0.29, 0.717) is 42.8 Å². The zero-order chi connectivity index (χ0) is 25.8. The van der Waals surface area contributed by atoms with E-state index in [1.807, 2.05) is 6.92 Å². The van der Waals surface area contributed by atoms with Gasteiger partial charge in [0.25, 0.3) is 0 Å². The maximum atomic E-state index is 12.5. The molecule has 0 saturated carbocycles. The third kappa shape index (κ3) is 10.3. The van der Waals surface area contributed by atoms with Gasteiger partial charge in [-0.3, -0.25) is 9.53 Å². The van der Waals surface area contributed by atoms with E-state index in [1.54, 1.807) is 55.6 Å². The number of ether oxygens (including phenoxy) is 3. The Balaban J connectivity index is 1.83. The molecule has 11 heteroatoms. The van der Waals surface area contributed by atoms with E-state index in [4.69, 9.17) is 13.9 Å². The minimum atomic E-state index is -4.83. The number of carbonyl (C=O) groups excluding carboxylic acids is 1. The van der Waals surface area contributed by atoms with Crippen LogP contribution in [0.3, 0.4) is 0 Å². The maximum absolute atomic E-state index is 12.5. The van der Waals surface area contributed by atoms with Crippen molar-refractivity contribution in [2.75, 3.05) is 36.2 Å². The average Bonchev–Trinajstić information content (AvgIpc) is 2.78. The van der Waals surface area contributed by atoms with Gasteiger partial charge >= 0.3 is 18.0 Å². The molecule has 0 aliphatic carbocycles. The molecule has 0 N–H and O–H groups in total. The lowest BCUT2D eigenvalue weighted by Gasteiger charge is -2.13. The normalized spacial score (nSPS) is 11.9. The third-order valence-corrected chi connectivity index (χ3v) is 6.94. The summed E-state index contributed by atoms with van der Waals surface area (Å²) in [6, 6.07) is 5.00. The van der Waals surface area contributed by atoms with Gasteiger partial charge in [0.2, 0.25) is 0 Å².